The number of benzene rings is 1. The predicted octanol–water partition coefficient (Wildman–Crippen LogP) is 3.14. The van der Waals surface area contributed by atoms with Gasteiger partial charge in [-0.2, -0.15) is 0 Å². The fourth-order valence-corrected chi connectivity index (χ4v) is 2.50. The van der Waals surface area contributed by atoms with Crippen molar-refractivity contribution in [1.82, 2.24) is 5.32 Å². The Balaban J connectivity index is 1.52. The van der Waals surface area contributed by atoms with Gasteiger partial charge in [0.2, 0.25) is 0 Å². The van der Waals surface area contributed by atoms with Crippen LogP contribution in [0, 0.1) is 5.92 Å². The summed E-state index contributed by atoms with van der Waals surface area (Å²) in [6.45, 7) is 1.49. The molecule has 18 heavy (non-hydrogen) atoms. The van der Waals surface area contributed by atoms with Crippen LogP contribution in [0.3, 0.4) is 0 Å². The van der Waals surface area contributed by atoms with E-state index in [1.54, 1.807) is 0 Å². The smallest absolute Gasteiger partial charge is 0.176 e. The molecule has 0 aromatic heterocycles. The lowest BCUT2D eigenvalue weighted by Crippen LogP contribution is -2.25. The minimum absolute atomic E-state index is 0.218. The van der Waals surface area contributed by atoms with E-state index in [2.05, 4.69) is 17.4 Å². The van der Waals surface area contributed by atoms with E-state index < -0.39 is 0 Å². The van der Waals surface area contributed by atoms with Gasteiger partial charge in [-0.15, -0.1) is 0 Å². The highest BCUT2D eigenvalue weighted by Crippen LogP contribution is 2.36. The maximum Gasteiger partial charge on any atom is 0.176 e. The molecule has 0 amide bonds. The maximum atomic E-state index is 11.9. The van der Waals surface area contributed by atoms with Crippen LogP contribution in [0.2, 0.25) is 0 Å². The second kappa shape index (κ2) is 5.23. The number of hydrogen-bond acceptors (Lipinski definition) is 2. The van der Waals surface area contributed by atoms with Crippen LogP contribution in [0.5, 0.6) is 0 Å². The molecule has 1 aromatic rings. The quantitative estimate of drug-likeness (QED) is 0.778. The lowest BCUT2D eigenvalue weighted by Gasteiger charge is -2.25. The van der Waals surface area contributed by atoms with Gasteiger partial charge in [0.05, 0.1) is 6.54 Å². The molecule has 2 fully saturated rings. The number of nitrogens with one attached hydrogen (secondary N) is 1. The summed E-state index contributed by atoms with van der Waals surface area (Å²) in [5.41, 5.74) is 2.25. The van der Waals surface area contributed by atoms with Crippen molar-refractivity contribution in [2.75, 3.05) is 13.1 Å². The Morgan fingerprint density at radius 2 is 1.83 bits per heavy atom. The molecule has 1 N–H and O–H groups in total. The van der Waals surface area contributed by atoms with E-state index in [1.165, 1.54) is 37.7 Å². The van der Waals surface area contributed by atoms with E-state index in [1.807, 2.05) is 12.1 Å². The summed E-state index contributed by atoms with van der Waals surface area (Å²) >= 11 is 0. The molecule has 96 valence electrons. The molecule has 0 bridgehead atoms. The molecule has 1 aromatic carbocycles. The Morgan fingerprint density at radius 3 is 2.39 bits per heavy atom. The van der Waals surface area contributed by atoms with Gasteiger partial charge in [-0.05, 0) is 49.6 Å². The highest BCUT2D eigenvalue weighted by molar-refractivity contribution is 5.97. The minimum atomic E-state index is 0.218. The van der Waals surface area contributed by atoms with Crippen LogP contribution in [0.4, 0.5) is 0 Å². The molecule has 3 rings (SSSR count). The molecular formula is C16H21NO. The van der Waals surface area contributed by atoms with Crippen LogP contribution in [-0.2, 0) is 0 Å². The van der Waals surface area contributed by atoms with Crippen molar-refractivity contribution in [3.05, 3.63) is 35.4 Å². The van der Waals surface area contributed by atoms with E-state index in [0.717, 1.165) is 23.9 Å². The third-order valence-electron chi connectivity index (χ3n) is 4.22. The summed E-state index contributed by atoms with van der Waals surface area (Å²) in [6.07, 6.45) is 6.65. The molecule has 0 spiro atoms. The zero-order chi connectivity index (χ0) is 12.4. The molecule has 2 nitrogen and oxygen atoms in total. The van der Waals surface area contributed by atoms with Crippen molar-refractivity contribution in [3.8, 4) is 0 Å². The molecular weight excluding hydrogens is 222 g/mol. The normalized spacial score (nSPS) is 19.6. The third kappa shape index (κ3) is 2.81. The number of Topliss-reactive ketones (excluding diaryl/α,β-unsaturated/α-hetero) is 1. The number of carbonyl (C=O) groups is 1. The first-order valence-electron chi connectivity index (χ1n) is 7.17. The Labute approximate surface area is 109 Å². The van der Waals surface area contributed by atoms with Crippen molar-refractivity contribution in [1.29, 1.82) is 0 Å². The zero-order valence-corrected chi connectivity index (χ0v) is 10.8. The first-order chi connectivity index (χ1) is 8.83. The minimum Gasteiger partial charge on any atom is -0.309 e. The summed E-state index contributed by atoms with van der Waals surface area (Å²) in [5, 5.41) is 3.26. The van der Waals surface area contributed by atoms with Crippen molar-refractivity contribution in [2.24, 2.45) is 5.92 Å². The number of carbonyl (C=O) groups excluding carboxylic acids is 1. The summed E-state index contributed by atoms with van der Waals surface area (Å²) < 4.78 is 0. The highest BCUT2D eigenvalue weighted by Gasteiger charge is 2.21. The van der Waals surface area contributed by atoms with E-state index >= 15 is 0 Å². The average molecular weight is 243 g/mol. The fourth-order valence-electron chi connectivity index (χ4n) is 2.50. The van der Waals surface area contributed by atoms with Crippen molar-refractivity contribution >= 4 is 5.78 Å². The van der Waals surface area contributed by atoms with E-state index in [9.17, 15) is 4.79 Å². The molecule has 2 saturated carbocycles. The van der Waals surface area contributed by atoms with Crippen LogP contribution < -0.4 is 5.32 Å². The number of ketones is 1. The van der Waals surface area contributed by atoms with Gasteiger partial charge in [0.25, 0.3) is 0 Å². The molecule has 0 saturated heterocycles. The summed E-state index contributed by atoms with van der Waals surface area (Å²) in [7, 11) is 0. The van der Waals surface area contributed by atoms with Crippen LogP contribution in [-0.4, -0.2) is 18.9 Å². The van der Waals surface area contributed by atoms with Crippen LogP contribution >= 0.6 is 0 Å². The number of rotatable bonds is 6. The third-order valence-corrected chi connectivity index (χ3v) is 4.22. The van der Waals surface area contributed by atoms with Gasteiger partial charge in [0.1, 0.15) is 0 Å². The first-order valence-corrected chi connectivity index (χ1v) is 7.17. The van der Waals surface area contributed by atoms with Gasteiger partial charge in [-0.1, -0.05) is 30.7 Å². The molecule has 0 atom stereocenters. The monoisotopic (exact) mass is 243 g/mol. The Bertz CT molecular complexity index is 415. The van der Waals surface area contributed by atoms with E-state index in [-0.39, 0.29) is 5.78 Å². The molecule has 0 unspecified atom stereocenters. The largest absolute Gasteiger partial charge is 0.309 e. The van der Waals surface area contributed by atoms with Crippen molar-refractivity contribution in [3.63, 3.8) is 0 Å². The van der Waals surface area contributed by atoms with Gasteiger partial charge in [-0.3, -0.25) is 4.79 Å². The summed E-state index contributed by atoms with van der Waals surface area (Å²) in [6, 6.07) is 8.26. The Kier molecular flexibility index (Phi) is 3.46. The van der Waals surface area contributed by atoms with Gasteiger partial charge in [-0.25, -0.2) is 0 Å². The Morgan fingerprint density at radius 1 is 1.11 bits per heavy atom. The van der Waals surface area contributed by atoms with Crippen molar-refractivity contribution in [2.45, 2.75) is 38.0 Å². The number of hydrogen-bond donors (Lipinski definition) is 1. The fraction of sp³-hybridized carbons (Fsp3) is 0.562. The highest BCUT2D eigenvalue weighted by atomic mass is 16.1. The Hall–Kier alpha value is -1.15. The SMILES string of the molecule is O=C(CNCC1CC1)c1ccc(C2CCC2)cc1. The lowest BCUT2D eigenvalue weighted by molar-refractivity contribution is 0.0991. The van der Waals surface area contributed by atoms with E-state index in [0.29, 0.717) is 6.54 Å². The van der Waals surface area contributed by atoms with Gasteiger partial charge >= 0.3 is 0 Å². The summed E-state index contributed by atoms with van der Waals surface area (Å²) in [5.74, 6) is 1.80. The molecule has 0 aliphatic heterocycles. The lowest BCUT2D eigenvalue weighted by atomic mass is 9.80. The second-order valence-electron chi connectivity index (χ2n) is 5.75. The molecule has 2 heteroatoms. The van der Waals surface area contributed by atoms with Gasteiger partial charge < -0.3 is 5.32 Å². The van der Waals surface area contributed by atoms with E-state index in [4.69, 9.17) is 0 Å². The standard InChI is InChI=1S/C16H21NO/c18-16(11-17-10-12-4-5-12)15-8-6-14(7-9-15)13-2-1-3-13/h6-9,12-13,17H,1-5,10-11H2. The maximum absolute atomic E-state index is 11.9. The topological polar surface area (TPSA) is 29.1 Å². The van der Waals surface area contributed by atoms with Crippen molar-refractivity contribution < 1.29 is 4.79 Å². The second-order valence-corrected chi connectivity index (χ2v) is 5.75. The summed E-state index contributed by atoms with van der Waals surface area (Å²) in [4.78, 5) is 11.9. The van der Waals surface area contributed by atoms with Gasteiger partial charge in [0, 0.05) is 5.56 Å². The first kappa shape index (κ1) is 11.9. The van der Waals surface area contributed by atoms with Crippen LogP contribution in [0.25, 0.3) is 0 Å². The van der Waals surface area contributed by atoms with Crippen LogP contribution in [0.15, 0.2) is 24.3 Å². The predicted molar refractivity (Wildman–Crippen MR) is 73.0 cm³/mol. The zero-order valence-electron chi connectivity index (χ0n) is 10.8. The van der Waals surface area contributed by atoms with Gasteiger partial charge in [0.15, 0.2) is 5.78 Å². The molecule has 2 aliphatic carbocycles. The molecule has 0 radical (unpaired) electrons. The van der Waals surface area contributed by atoms with Crippen LogP contribution in [0.1, 0.15) is 53.9 Å². The molecule has 2 aliphatic rings. The molecule has 0 heterocycles. The average Bonchev–Trinajstić information content (AvgIpc) is 3.12.